The van der Waals surface area contributed by atoms with E-state index in [1.54, 1.807) is 23.8 Å². The fourth-order valence-corrected chi connectivity index (χ4v) is 5.65. The highest BCUT2D eigenvalue weighted by atomic mass is 32.2. The number of methoxy groups -OCH3 is 1. The molecule has 2 fully saturated rings. The Hall–Kier alpha value is -1.82. The summed E-state index contributed by atoms with van der Waals surface area (Å²) in [7, 11) is -2.79. The van der Waals surface area contributed by atoms with Crippen LogP contribution in [0.5, 0.6) is 0 Å². The molecule has 180 valence electrons. The molecule has 8 nitrogen and oxygen atoms in total. The van der Waals surface area contributed by atoms with Crippen molar-refractivity contribution in [3.63, 3.8) is 0 Å². The topological polar surface area (TPSA) is 97.0 Å². The number of carbonyl (C=O) groups is 1. The summed E-state index contributed by atoms with van der Waals surface area (Å²) in [5, 5.41) is 0. The van der Waals surface area contributed by atoms with Gasteiger partial charge in [-0.05, 0) is 62.6 Å². The van der Waals surface area contributed by atoms with Gasteiger partial charge in [-0.2, -0.15) is 17.9 Å². The molecule has 0 spiro atoms. The number of hydrogen-bond donors (Lipinski definition) is 2. The molecule has 2 N–H and O–H groups in total. The average Bonchev–Trinajstić information content (AvgIpc) is 3.05. The molecule has 1 amide bonds. The molecule has 3 rings (SSSR count). The first-order valence-electron chi connectivity index (χ1n) is 10.8. The van der Waals surface area contributed by atoms with Gasteiger partial charge in [-0.1, -0.05) is 12.1 Å². The molecular formula is C21H31F2N3O5S. The normalized spacial score (nSPS) is 28.6. The van der Waals surface area contributed by atoms with E-state index in [1.807, 2.05) is 6.07 Å². The van der Waals surface area contributed by atoms with E-state index in [4.69, 9.17) is 9.47 Å². The van der Waals surface area contributed by atoms with Crippen LogP contribution in [0.25, 0.3) is 0 Å². The highest BCUT2D eigenvalue weighted by Crippen LogP contribution is 2.35. The first-order chi connectivity index (χ1) is 15.2. The Morgan fingerprint density at radius 1 is 1.25 bits per heavy atom. The number of halogens is 2. The monoisotopic (exact) mass is 475 g/mol. The van der Waals surface area contributed by atoms with Crippen molar-refractivity contribution in [2.24, 2.45) is 0 Å². The maximum absolute atomic E-state index is 13.5. The third-order valence-electron chi connectivity index (χ3n) is 6.33. The molecule has 32 heavy (non-hydrogen) atoms. The largest absolute Gasteiger partial charge is 0.453 e. The molecule has 1 aliphatic heterocycles. The van der Waals surface area contributed by atoms with Crippen molar-refractivity contribution in [2.45, 2.75) is 69.2 Å². The number of benzene rings is 1. The predicted octanol–water partition coefficient (Wildman–Crippen LogP) is 2.82. The van der Waals surface area contributed by atoms with Crippen molar-refractivity contribution in [1.29, 1.82) is 0 Å². The van der Waals surface area contributed by atoms with Crippen LogP contribution >= 0.6 is 0 Å². The summed E-state index contributed by atoms with van der Waals surface area (Å²) >= 11 is 0. The second-order valence-electron chi connectivity index (χ2n) is 8.40. The molecular weight excluding hydrogens is 444 g/mol. The lowest BCUT2D eigenvalue weighted by Crippen LogP contribution is -2.52. The Labute approximate surface area is 187 Å². The summed E-state index contributed by atoms with van der Waals surface area (Å²) in [6.45, 7) is 0.691. The molecule has 11 heteroatoms. The maximum Gasteiger partial charge on any atom is 0.410 e. The Kier molecular flexibility index (Phi) is 8.43. The lowest BCUT2D eigenvalue weighted by atomic mass is 9.82. The van der Waals surface area contributed by atoms with Gasteiger partial charge in [0, 0.05) is 12.1 Å². The molecule has 2 aliphatic rings. The Morgan fingerprint density at radius 2 is 1.97 bits per heavy atom. The van der Waals surface area contributed by atoms with E-state index >= 15 is 0 Å². The zero-order chi connectivity index (χ0) is 23.3. The summed E-state index contributed by atoms with van der Waals surface area (Å²) < 4.78 is 65.2. The van der Waals surface area contributed by atoms with Gasteiger partial charge < -0.3 is 9.47 Å². The van der Waals surface area contributed by atoms with Crippen LogP contribution in [0.2, 0.25) is 0 Å². The highest BCUT2D eigenvalue weighted by Gasteiger charge is 2.44. The number of hydrogen-bond acceptors (Lipinski definition) is 5. The third-order valence-corrected chi connectivity index (χ3v) is 7.43. The predicted molar refractivity (Wildman–Crippen MR) is 114 cm³/mol. The standard InChI is InChI=1S/C21H31F2N3O5S/c1-14-10-19(25-32(28,29)24-13-22)20(26(14)21(27)30-2)12-31-18-8-6-15(7-9-18)16-4-3-5-17(23)11-16/h3-5,11,14-15,18-20,24-25H,6-10,12-13H2,1-2H3/t14-,15?,18?,19+,20+/m1/s1. The number of amides is 1. The lowest BCUT2D eigenvalue weighted by Gasteiger charge is -2.33. The summed E-state index contributed by atoms with van der Waals surface area (Å²) in [4.78, 5) is 13.8. The minimum absolute atomic E-state index is 0.0450. The van der Waals surface area contributed by atoms with E-state index in [-0.39, 0.29) is 30.5 Å². The number of carbonyl (C=O) groups excluding carboxylic acids is 1. The van der Waals surface area contributed by atoms with Crippen molar-refractivity contribution in [3.05, 3.63) is 35.6 Å². The number of likely N-dealkylation sites (tertiary alicyclic amines) is 1. The van der Waals surface area contributed by atoms with Gasteiger partial charge in [0.2, 0.25) is 0 Å². The second kappa shape index (κ2) is 10.9. The van der Waals surface area contributed by atoms with E-state index in [9.17, 15) is 22.0 Å². The van der Waals surface area contributed by atoms with Gasteiger partial charge in [-0.25, -0.2) is 13.6 Å². The number of nitrogens with zero attached hydrogens (tertiary/aromatic N) is 1. The van der Waals surface area contributed by atoms with Crippen molar-refractivity contribution in [2.75, 3.05) is 20.5 Å². The van der Waals surface area contributed by atoms with E-state index in [0.29, 0.717) is 6.42 Å². The molecule has 1 heterocycles. The van der Waals surface area contributed by atoms with E-state index in [0.717, 1.165) is 31.2 Å². The van der Waals surface area contributed by atoms with Crippen LogP contribution in [-0.4, -0.2) is 64.2 Å². The maximum atomic E-state index is 13.5. The van der Waals surface area contributed by atoms with Crippen LogP contribution in [0.1, 0.15) is 50.5 Å². The highest BCUT2D eigenvalue weighted by molar-refractivity contribution is 7.87. The fraction of sp³-hybridized carbons (Fsp3) is 0.667. The first-order valence-corrected chi connectivity index (χ1v) is 12.3. The minimum atomic E-state index is -4.05. The zero-order valence-corrected chi connectivity index (χ0v) is 19.1. The van der Waals surface area contributed by atoms with Crippen molar-refractivity contribution >= 4 is 16.3 Å². The quantitative estimate of drug-likeness (QED) is 0.564. The fourth-order valence-electron chi connectivity index (χ4n) is 4.77. The first kappa shape index (κ1) is 24.8. The van der Waals surface area contributed by atoms with Crippen LogP contribution in [0.4, 0.5) is 13.6 Å². The van der Waals surface area contributed by atoms with Crippen LogP contribution in [0.3, 0.4) is 0 Å². The summed E-state index contributed by atoms with van der Waals surface area (Å²) in [6, 6.07) is 5.15. The Bertz CT molecular complexity index is 880. The van der Waals surface area contributed by atoms with Gasteiger partial charge in [-0.3, -0.25) is 4.90 Å². The lowest BCUT2D eigenvalue weighted by molar-refractivity contribution is -0.00862. The van der Waals surface area contributed by atoms with E-state index in [2.05, 4.69) is 4.72 Å². The van der Waals surface area contributed by atoms with Crippen molar-refractivity contribution in [3.8, 4) is 0 Å². The van der Waals surface area contributed by atoms with Gasteiger partial charge >= 0.3 is 6.09 Å². The Morgan fingerprint density at radius 3 is 2.59 bits per heavy atom. The number of nitrogens with one attached hydrogen (secondary N) is 2. The van der Waals surface area contributed by atoms with Crippen LogP contribution in [0.15, 0.2) is 24.3 Å². The number of ether oxygens (including phenoxy) is 2. The van der Waals surface area contributed by atoms with E-state index < -0.39 is 35.2 Å². The van der Waals surface area contributed by atoms with Gasteiger partial charge in [0.05, 0.1) is 25.9 Å². The molecule has 3 atom stereocenters. The molecule has 1 aromatic rings. The molecule has 0 bridgehead atoms. The Balaban J connectivity index is 1.61. The van der Waals surface area contributed by atoms with Crippen molar-refractivity contribution in [1.82, 2.24) is 14.3 Å². The van der Waals surface area contributed by atoms with Crippen molar-refractivity contribution < 1.29 is 31.5 Å². The van der Waals surface area contributed by atoms with Crippen LogP contribution in [-0.2, 0) is 19.7 Å². The third kappa shape index (κ3) is 6.15. The molecule has 0 radical (unpaired) electrons. The minimum Gasteiger partial charge on any atom is -0.453 e. The number of alkyl halides is 1. The summed E-state index contributed by atoms with van der Waals surface area (Å²) in [5.74, 6) is 0.0322. The van der Waals surface area contributed by atoms with Gasteiger partial charge in [0.1, 0.15) is 5.82 Å². The van der Waals surface area contributed by atoms with Gasteiger partial charge in [0.15, 0.2) is 6.80 Å². The molecule has 1 aliphatic carbocycles. The molecule has 1 saturated carbocycles. The van der Waals surface area contributed by atoms with Crippen LogP contribution in [0, 0.1) is 5.82 Å². The zero-order valence-electron chi connectivity index (χ0n) is 18.3. The van der Waals surface area contributed by atoms with E-state index in [1.165, 1.54) is 18.1 Å². The van der Waals surface area contributed by atoms with Gasteiger partial charge in [0.25, 0.3) is 10.2 Å². The second-order valence-corrected chi connectivity index (χ2v) is 9.93. The summed E-state index contributed by atoms with van der Waals surface area (Å²) in [5.41, 5.74) is 0.986. The molecule has 1 saturated heterocycles. The van der Waals surface area contributed by atoms with Crippen LogP contribution < -0.4 is 9.44 Å². The number of rotatable bonds is 8. The smallest absolute Gasteiger partial charge is 0.410 e. The summed E-state index contributed by atoms with van der Waals surface area (Å²) in [6.07, 6.45) is 3.00. The average molecular weight is 476 g/mol. The molecule has 0 unspecified atom stereocenters. The SMILES string of the molecule is COC(=O)N1[C@H](C)C[C@H](NS(=O)(=O)NCF)[C@@H]1COC1CCC(c2cccc(F)c2)CC1. The molecule has 0 aromatic heterocycles. The molecule has 1 aromatic carbocycles. The van der Waals surface area contributed by atoms with Gasteiger partial charge in [-0.15, -0.1) is 0 Å².